The minimum absolute atomic E-state index is 0.277. The van der Waals surface area contributed by atoms with Crippen LogP contribution in [-0.2, 0) is 6.54 Å². The van der Waals surface area contributed by atoms with Gasteiger partial charge in [0.15, 0.2) is 0 Å². The van der Waals surface area contributed by atoms with Crippen molar-refractivity contribution in [3.8, 4) is 0 Å². The summed E-state index contributed by atoms with van der Waals surface area (Å²) in [6.07, 6.45) is 2.59. The van der Waals surface area contributed by atoms with Crippen molar-refractivity contribution >= 4 is 16.6 Å². The highest BCUT2D eigenvalue weighted by molar-refractivity contribution is 5.93. The van der Waals surface area contributed by atoms with Crippen molar-refractivity contribution < 1.29 is 5.11 Å². The van der Waals surface area contributed by atoms with E-state index in [0.717, 1.165) is 35.1 Å². The SMILES string of the molecule is CC1CCN(c2c(CN)cnc3ccccc23)CC1O. The van der Waals surface area contributed by atoms with Crippen molar-refractivity contribution in [3.63, 3.8) is 0 Å². The molecule has 3 N–H and O–H groups in total. The summed E-state index contributed by atoms with van der Waals surface area (Å²) in [6, 6.07) is 8.12. The molecular weight excluding hydrogens is 250 g/mol. The Morgan fingerprint density at radius 1 is 1.40 bits per heavy atom. The summed E-state index contributed by atoms with van der Waals surface area (Å²) in [5.74, 6) is 0.362. The molecule has 1 fully saturated rings. The van der Waals surface area contributed by atoms with Crippen LogP contribution in [0.5, 0.6) is 0 Å². The molecule has 1 aromatic carbocycles. The molecule has 0 saturated carbocycles. The van der Waals surface area contributed by atoms with Crippen LogP contribution in [-0.4, -0.2) is 29.3 Å². The van der Waals surface area contributed by atoms with Gasteiger partial charge < -0.3 is 15.7 Å². The highest BCUT2D eigenvalue weighted by Gasteiger charge is 2.26. The van der Waals surface area contributed by atoms with Gasteiger partial charge in [-0.15, -0.1) is 0 Å². The maximum atomic E-state index is 10.2. The van der Waals surface area contributed by atoms with Gasteiger partial charge >= 0.3 is 0 Å². The number of pyridine rings is 1. The van der Waals surface area contributed by atoms with Crippen LogP contribution in [0.2, 0.25) is 0 Å². The van der Waals surface area contributed by atoms with Gasteiger partial charge in [-0.3, -0.25) is 4.98 Å². The summed E-state index contributed by atoms with van der Waals surface area (Å²) in [5, 5.41) is 11.3. The zero-order valence-electron chi connectivity index (χ0n) is 11.8. The van der Waals surface area contributed by atoms with Gasteiger partial charge in [0.25, 0.3) is 0 Å². The van der Waals surface area contributed by atoms with Crippen LogP contribution in [0.1, 0.15) is 18.9 Å². The lowest BCUT2D eigenvalue weighted by Crippen LogP contribution is -2.43. The molecule has 4 nitrogen and oxygen atoms in total. The highest BCUT2D eigenvalue weighted by atomic mass is 16.3. The summed E-state index contributed by atoms with van der Waals surface area (Å²) in [4.78, 5) is 6.73. The second kappa shape index (κ2) is 5.38. The van der Waals surface area contributed by atoms with Crippen molar-refractivity contribution in [1.82, 2.24) is 4.98 Å². The van der Waals surface area contributed by atoms with Gasteiger partial charge in [0.1, 0.15) is 0 Å². The first-order valence-electron chi connectivity index (χ1n) is 7.20. The molecule has 0 bridgehead atoms. The normalized spacial score (nSPS) is 23.2. The van der Waals surface area contributed by atoms with Crippen molar-refractivity contribution in [1.29, 1.82) is 0 Å². The quantitative estimate of drug-likeness (QED) is 0.875. The summed E-state index contributed by atoms with van der Waals surface area (Å²) in [6.45, 7) is 4.20. The van der Waals surface area contributed by atoms with Crippen LogP contribution in [0.15, 0.2) is 30.5 Å². The van der Waals surface area contributed by atoms with Crippen molar-refractivity contribution in [2.24, 2.45) is 11.7 Å². The van der Waals surface area contributed by atoms with Crippen LogP contribution in [0.25, 0.3) is 10.9 Å². The summed E-state index contributed by atoms with van der Waals surface area (Å²) in [7, 11) is 0. The zero-order chi connectivity index (χ0) is 14.1. The number of aliphatic hydroxyl groups excluding tert-OH is 1. The minimum Gasteiger partial charge on any atom is -0.391 e. The fourth-order valence-corrected chi connectivity index (χ4v) is 2.94. The molecular formula is C16H21N3O. The molecule has 2 aromatic rings. The number of para-hydroxylation sites is 1. The number of hydrogen-bond acceptors (Lipinski definition) is 4. The zero-order valence-corrected chi connectivity index (χ0v) is 11.8. The minimum atomic E-state index is -0.277. The molecule has 0 radical (unpaired) electrons. The monoisotopic (exact) mass is 271 g/mol. The number of hydrogen-bond donors (Lipinski definition) is 2. The number of β-amino-alcohol motifs (C(OH)–C–C–N with tert-alkyl or cyclic N) is 1. The van der Waals surface area contributed by atoms with Gasteiger partial charge in [0, 0.05) is 36.8 Å². The smallest absolute Gasteiger partial charge is 0.0741 e. The van der Waals surface area contributed by atoms with E-state index in [1.165, 1.54) is 0 Å². The first kappa shape index (κ1) is 13.3. The Hall–Kier alpha value is -1.65. The lowest BCUT2D eigenvalue weighted by Gasteiger charge is -2.37. The van der Waals surface area contributed by atoms with Crippen LogP contribution < -0.4 is 10.6 Å². The Kier molecular flexibility index (Phi) is 3.59. The third kappa shape index (κ3) is 2.25. The molecule has 2 atom stereocenters. The molecule has 0 spiro atoms. The Morgan fingerprint density at radius 2 is 2.20 bits per heavy atom. The van der Waals surface area contributed by atoms with E-state index in [9.17, 15) is 5.11 Å². The fourth-order valence-electron chi connectivity index (χ4n) is 2.94. The van der Waals surface area contributed by atoms with E-state index in [-0.39, 0.29) is 6.10 Å². The molecule has 20 heavy (non-hydrogen) atoms. The van der Waals surface area contributed by atoms with E-state index in [2.05, 4.69) is 22.9 Å². The maximum Gasteiger partial charge on any atom is 0.0741 e. The number of aromatic nitrogens is 1. The van der Waals surface area contributed by atoms with Gasteiger partial charge in [-0.25, -0.2) is 0 Å². The van der Waals surface area contributed by atoms with Gasteiger partial charge in [-0.1, -0.05) is 25.1 Å². The number of aliphatic hydroxyl groups is 1. The summed E-state index contributed by atoms with van der Waals surface area (Å²) >= 11 is 0. The van der Waals surface area contributed by atoms with Crippen LogP contribution >= 0.6 is 0 Å². The number of fused-ring (bicyclic) bond motifs is 1. The molecule has 2 heterocycles. The molecule has 4 heteroatoms. The average Bonchev–Trinajstić information content (AvgIpc) is 2.49. The number of nitrogens with two attached hydrogens (primary N) is 1. The second-order valence-electron chi connectivity index (χ2n) is 5.63. The van der Waals surface area contributed by atoms with E-state index in [0.29, 0.717) is 19.0 Å². The number of rotatable bonds is 2. The van der Waals surface area contributed by atoms with Gasteiger partial charge in [-0.2, -0.15) is 0 Å². The van der Waals surface area contributed by atoms with Crippen LogP contribution in [0, 0.1) is 5.92 Å². The van der Waals surface area contributed by atoms with Crippen molar-refractivity contribution in [2.75, 3.05) is 18.0 Å². The molecule has 1 saturated heterocycles. The molecule has 1 aromatic heterocycles. The van der Waals surface area contributed by atoms with E-state index in [4.69, 9.17) is 5.73 Å². The fraction of sp³-hybridized carbons (Fsp3) is 0.438. The Balaban J connectivity index is 2.09. The molecule has 2 unspecified atom stereocenters. The standard InChI is InChI=1S/C16H21N3O/c1-11-6-7-19(10-15(11)20)16-12(8-17)9-18-14-5-3-2-4-13(14)16/h2-5,9,11,15,20H,6-8,10,17H2,1H3. The van der Waals surface area contributed by atoms with E-state index in [1.807, 2.05) is 24.4 Å². The predicted octanol–water partition coefficient (Wildman–Crippen LogP) is 1.90. The van der Waals surface area contributed by atoms with Gasteiger partial charge in [0.2, 0.25) is 0 Å². The number of nitrogens with zero attached hydrogens (tertiary/aromatic N) is 2. The molecule has 0 amide bonds. The maximum absolute atomic E-state index is 10.2. The Morgan fingerprint density at radius 3 is 2.95 bits per heavy atom. The van der Waals surface area contributed by atoms with Crippen molar-refractivity contribution in [3.05, 3.63) is 36.0 Å². The highest BCUT2D eigenvalue weighted by Crippen LogP contribution is 2.32. The Bertz CT molecular complexity index is 614. The second-order valence-corrected chi connectivity index (χ2v) is 5.63. The lowest BCUT2D eigenvalue weighted by molar-refractivity contribution is 0.103. The number of anilines is 1. The van der Waals surface area contributed by atoms with Gasteiger partial charge in [0.05, 0.1) is 17.3 Å². The molecule has 3 rings (SSSR count). The van der Waals surface area contributed by atoms with Crippen LogP contribution in [0.3, 0.4) is 0 Å². The number of benzene rings is 1. The molecule has 1 aliphatic rings. The number of piperidine rings is 1. The topological polar surface area (TPSA) is 62.4 Å². The van der Waals surface area contributed by atoms with Crippen LogP contribution in [0.4, 0.5) is 5.69 Å². The third-order valence-corrected chi connectivity index (χ3v) is 4.28. The Labute approximate surface area is 119 Å². The lowest BCUT2D eigenvalue weighted by atomic mass is 9.94. The van der Waals surface area contributed by atoms with E-state index < -0.39 is 0 Å². The summed E-state index contributed by atoms with van der Waals surface area (Å²) in [5.41, 5.74) is 9.05. The van der Waals surface area contributed by atoms with E-state index in [1.54, 1.807) is 0 Å². The molecule has 1 aliphatic heterocycles. The first-order valence-corrected chi connectivity index (χ1v) is 7.20. The molecule has 0 aliphatic carbocycles. The molecule has 106 valence electrons. The average molecular weight is 271 g/mol. The summed E-state index contributed by atoms with van der Waals surface area (Å²) < 4.78 is 0. The van der Waals surface area contributed by atoms with Gasteiger partial charge in [-0.05, 0) is 18.4 Å². The predicted molar refractivity (Wildman–Crippen MR) is 81.6 cm³/mol. The van der Waals surface area contributed by atoms with E-state index >= 15 is 0 Å². The third-order valence-electron chi connectivity index (χ3n) is 4.28. The van der Waals surface area contributed by atoms with Crippen molar-refractivity contribution in [2.45, 2.75) is 26.0 Å². The first-order chi connectivity index (χ1) is 9.70. The largest absolute Gasteiger partial charge is 0.391 e.